The summed E-state index contributed by atoms with van der Waals surface area (Å²) in [5.41, 5.74) is 3.52. The summed E-state index contributed by atoms with van der Waals surface area (Å²) in [5, 5.41) is 22.9. The average molecular weight is 292 g/mol. The van der Waals surface area contributed by atoms with Crippen molar-refractivity contribution >= 4 is 5.91 Å². The van der Waals surface area contributed by atoms with Crippen molar-refractivity contribution in [3.05, 3.63) is 34.4 Å². The second kappa shape index (κ2) is 5.73. The number of aliphatic hydroxyl groups is 2. The second-order valence-corrected chi connectivity index (χ2v) is 5.61. The molecule has 3 rings (SSSR count). The third-order valence-corrected chi connectivity index (χ3v) is 4.24. The molecule has 0 radical (unpaired) electrons. The number of amides is 1. The Morgan fingerprint density at radius 3 is 3.10 bits per heavy atom. The van der Waals surface area contributed by atoms with Crippen molar-refractivity contribution in [1.82, 2.24) is 10.2 Å². The Morgan fingerprint density at radius 2 is 2.33 bits per heavy atom. The van der Waals surface area contributed by atoms with Crippen LogP contribution in [0.25, 0.3) is 0 Å². The van der Waals surface area contributed by atoms with Gasteiger partial charge in [0.2, 0.25) is 5.91 Å². The maximum atomic E-state index is 11.4. The van der Waals surface area contributed by atoms with Crippen LogP contribution in [-0.4, -0.2) is 47.2 Å². The fourth-order valence-corrected chi connectivity index (χ4v) is 3.02. The van der Waals surface area contributed by atoms with Crippen LogP contribution in [0.2, 0.25) is 0 Å². The molecule has 3 N–H and O–H groups in total. The van der Waals surface area contributed by atoms with E-state index in [1.54, 1.807) is 0 Å². The maximum Gasteiger partial charge on any atom is 0.234 e. The molecule has 6 nitrogen and oxygen atoms in total. The van der Waals surface area contributed by atoms with Crippen LogP contribution in [0.15, 0.2) is 12.1 Å². The van der Waals surface area contributed by atoms with E-state index in [-0.39, 0.29) is 5.91 Å². The number of piperazine rings is 1. The molecule has 6 heteroatoms. The highest BCUT2D eigenvalue weighted by Gasteiger charge is 2.26. The van der Waals surface area contributed by atoms with Crippen molar-refractivity contribution in [2.45, 2.75) is 25.9 Å². The number of rotatable bonds is 3. The molecule has 2 unspecified atom stereocenters. The number of nitrogens with zero attached hydrogens (tertiary/aromatic N) is 1. The van der Waals surface area contributed by atoms with Gasteiger partial charge in [-0.05, 0) is 23.6 Å². The molecule has 21 heavy (non-hydrogen) atoms. The number of carbonyl (C=O) groups excluding carboxylic acids is 1. The molecular formula is C15H20N2O4. The van der Waals surface area contributed by atoms with Crippen LogP contribution < -0.4 is 5.32 Å². The zero-order chi connectivity index (χ0) is 15.0. The molecule has 0 aromatic heterocycles. The first-order chi connectivity index (χ1) is 10.1. The van der Waals surface area contributed by atoms with Gasteiger partial charge in [-0.15, -0.1) is 0 Å². The van der Waals surface area contributed by atoms with E-state index >= 15 is 0 Å². The van der Waals surface area contributed by atoms with Crippen molar-refractivity contribution < 1.29 is 19.7 Å². The van der Waals surface area contributed by atoms with Gasteiger partial charge in [0.05, 0.1) is 19.3 Å². The van der Waals surface area contributed by atoms with Gasteiger partial charge in [-0.25, -0.2) is 0 Å². The van der Waals surface area contributed by atoms with Gasteiger partial charge >= 0.3 is 0 Å². The largest absolute Gasteiger partial charge is 0.387 e. The van der Waals surface area contributed by atoms with Crippen LogP contribution in [-0.2, 0) is 16.1 Å². The summed E-state index contributed by atoms with van der Waals surface area (Å²) in [7, 11) is 0. The highest BCUT2D eigenvalue weighted by molar-refractivity contribution is 5.78. The van der Waals surface area contributed by atoms with Gasteiger partial charge in [-0.2, -0.15) is 0 Å². The lowest BCUT2D eigenvalue weighted by Crippen LogP contribution is -2.48. The van der Waals surface area contributed by atoms with E-state index in [1.807, 2.05) is 24.0 Å². The van der Waals surface area contributed by atoms with Crippen molar-refractivity contribution in [3.63, 3.8) is 0 Å². The van der Waals surface area contributed by atoms with Gasteiger partial charge in [-0.1, -0.05) is 12.1 Å². The number of nitrogens with one attached hydrogen (secondary N) is 1. The maximum absolute atomic E-state index is 11.4. The van der Waals surface area contributed by atoms with Crippen LogP contribution in [0.4, 0.5) is 0 Å². The Kier molecular flexibility index (Phi) is 3.95. The van der Waals surface area contributed by atoms with Crippen LogP contribution in [0.3, 0.4) is 0 Å². The Hall–Kier alpha value is -1.47. The molecule has 0 aliphatic carbocycles. The molecule has 2 atom stereocenters. The lowest BCUT2D eigenvalue weighted by atomic mass is 9.95. The molecule has 1 saturated heterocycles. The summed E-state index contributed by atoms with van der Waals surface area (Å²) in [6.07, 6.45) is -1.52. The minimum absolute atomic E-state index is 0.00403. The van der Waals surface area contributed by atoms with Crippen LogP contribution in [0.5, 0.6) is 0 Å². The zero-order valence-electron chi connectivity index (χ0n) is 12.0. The molecule has 1 aromatic carbocycles. The minimum Gasteiger partial charge on any atom is -0.387 e. The number of carbonyl (C=O) groups is 1. The smallest absolute Gasteiger partial charge is 0.234 e. The van der Waals surface area contributed by atoms with Gasteiger partial charge in [0, 0.05) is 25.2 Å². The summed E-state index contributed by atoms with van der Waals surface area (Å²) in [5.74, 6) is -0.00403. The second-order valence-electron chi connectivity index (χ2n) is 5.61. The van der Waals surface area contributed by atoms with Gasteiger partial charge in [0.1, 0.15) is 0 Å². The van der Waals surface area contributed by atoms with E-state index in [1.165, 1.54) is 0 Å². The van der Waals surface area contributed by atoms with Crippen molar-refractivity contribution in [3.8, 4) is 0 Å². The highest BCUT2D eigenvalue weighted by atomic mass is 16.6. The van der Waals surface area contributed by atoms with E-state index < -0.39 is 12.4 Å². The zero-order valence-corrected chi connectivity index (χ0v) is 12.0. The van der Waals surface area contributed by atoms with E-state index in [9.17, 15) is 15.0 Å². The van der Waals surface area contributed by atoms with Crippen molar-refractivity contribution in [2.24, 2.45) is 0 Å². The Balaban J connectivity index is 1.76. The number of hydrogen-bond acceptors (Lipinski definition) is 5. The third-order valence-electron chi connectivity index (χ3n) is 4.24. The highest BCUT2D eigenvalue weighted by Crippen LogP contribution is 2.34. The monoisotopic (exact) mass is 292 g/mol. The van der Waals surface area contributed by atoms with Gasteiger partial charge in [0.25, 0.3) is 0 Å². The number of ether oxygens (including phenoxy) is 1. The molecule has 2 heterocycles. The number of fused-ring (bicyclic) bond motifs is 1. The Labute approximate surface area is 123 Å². The molecule has 1 fully saturated rings. The average Bonchev–Trinajstić information content (AvgIpc) is 2.82. The Morgan fingerprint density at radius 1 is 1.52 bits per heavy atom. The number of hydrogen-bond donors (Lipinski definition) is 3. The molecule has 0 bridgehead atoms. The number of benzene rings is 1. The third kappa shape index (κ3) is 2.80. The first kappa shape index (κ1) is 14.5. The SMILES string of the molecule is Cc1c(C(O)CN2CCNC(=O)C2)ccc2c1COC2O. The van der Waals surface area contributed by atoms with Crippen molar-refractivity contribution in [2.75, 3.05) is 26.2 Å². The lowest BCUT2D eigenvalue weighted by molar-refractivity contribution is -0.124. The lowest BCUT2D eigenvalue weighted by Gasteiger charge is -2.29. The fraction of sp³-hybridized carbons (Fsp3) is 0.533. The molecule has 0 spiro atoms. The van der Waals surface area contributed by atoms with Gasteiger partial charge in [0.15, 0.2) is 6.29 Å². The minimum atomic E-state index is -0.865. The normalized spacial score (nSPS) is 23.8. The van der Waals surface area contributed by atoms with Crippen LogP contribution in [0, 0.1) is 6.92 Å². The van der Waals surface area contributed by atoms with E-state index in [0.717, 1.165) is 28.8 Å². The molecule has 2 aliphatic rings. The molecule has 2 aliphatic heterocycles. The van der Waals surface area contributed by atoms with E-state index in [2.05, 4.69) is 5.32 Å². The molecule has 114 valence electrons. The fourth-order valence-electron chi connectivity index (χ4n) is 3.02. The van der Waals surface area contributed by atoms with Crippen LogP contribution in [0.1, 0.15) is 34.6 Å². The molecular weight excluding hydrogens is 272 g/mol. The number of aliphatic hydroxyl groups excluding tert-OH is 2. The standard InChI is InChI=1S/C15H20N2O4/c1-9-10(2-3-11-12(9)8-21-15(11)20)13(18)6-17-5-4-16-14(19)7-17/h2-3,13,15,18,20H,4-8H2,1H3,(H,16,19). The first-order valence-corrected chi connectivity index (χ1v) is 7.15. The summed E-state index contributed by atoms with van der Waals surface area (Å²) >= 11 is 0. The van der Waals surface area contributed by atoms with Gasteiger partial charge < -0.3 is 20.3 Å². The number of β-amino-alcohol motifs (C(OH)–C–C–N with tert-alkyl or cyclic N) is 1. The van der Waals surface area contributed by atoms with Gasteiger partial charge in [-0.3, -0.25) is 9.69 Å². The summed E-state index contributed by atoms with van der Waals surface area (Å²) in [4.78, 5) is 13.3. The molecule has 0 saturated carbocycles. The predicted molar refractivity (Wildman–Crippen MR) is 75.3 cm³/mol. The summed E-state index contributed by atoms with van der Waals surface area (Å²) in [6, 6.07) is 3.64. The quantitative estimate of drug-likeness (QED) is 0.729. The summed E-state index contributed by atoms with van der Waals surface area (Å²) < 4.78 is 5.21. The Bertz CT molecular complexity index is 561. The first-order valence-electron chi connectivity index (χ1n) is 7.15. The van der Waals surface area contributed by atoms with Crippen LogP contribution >= 0.6 is 0 Å². The van der Waals surface area contributed by atoms with E-state index in [0.29, 0.717) is 26.2 Å². The van der Waals surface area contributed by atoms with Crippen molar-refractivity contribution in [1.29, 1.82) is 0 Å². The predicted octanol–water partition coefficient (Wildman–Crippen LogP) is -0.0187. The topological polar surface area (TPSA) is 82.0 Å². The molecule has 1 aromatic rings. The molecule has 1 amide bonds. The van der Waals surface area contributed by atoms with E-state index in [4.69, 9.17) is 4.74 Å². The summed E-state index contributed by atoms with van der Waals surface area (Å²) in [6.45, 7) is 4.42.